The molecule has 1 aliphatic rings. The largest absolute Gasteiger partial charge is 0.478 e. The maximum absolute atomic E-state index is 11.7. The number of nitrogens with one attached hydrogen (secondary N) is 1. The molecule has 0 radical (unpaired) electrons. The summed E-state index contributed by atoms with van der Waals surface area (Å²) in [4.78, 5) is 11.7. The zero-order chi connectivity index (χ0) is 12.6. The van der Waals surface area contributed by atoms with E-state index in [0.29, 0.717) is 13.0 Å². The summed E-state index contributed by atoms with van der Waals surface area (Å²) < 4.78 is 6.71. The van der Waals surface area contributed by atoms with Crippen LogP contribution in [0.2, 0.25) is 0 Å². The second kappa shape index (κ2) is 4.66. The van der Waals surface area contributed by atoms with Crippen molar-refractivity contribution in [1.82, 2.24) is 0 Å². The monoisotopic (exact) mass is 298 g/mol. The van der Waals surface area contributed by atoms with Gasteiger partial charge >= 0.3 is 0 Å². The molecule has 0 bridgehead atoms. The zero-order valence-corrected chi connectivity index (χ0v) is 11.4. The van der Waals surface area contributed by atoms with E-state index in [9.17, 15) is 4.79 Å². The molecule has 0 fully saturated rings. The quantitative estimate of drug-likeness (QED) is 0.879. The molecule has 0 aliphatic carbocycles. The number of carbonyl (C=O) groups is 1. The van der Waals surface area contributed by atoms with Gasteiger partial charge in [-0.3, -0.25) is 4.79 Å². The fraction of sp³-hybridized carbons (Fsp3) is 0.417. The van der Waals surface area contributed by atoms with Gasteiger partial charge in [-0.15, -0.1) is 0 Å². The molecule has 3 N–H and O–H groups in total. The van der Waals surface area contributed by atoms with Gasteiger partial charge in [-0.05, 0) is 37.6 Å². The first-order valence-corrected chi connectivity index (χ1v) is 6.31. The lowest BCUT2D eigenvalue weighted by molar-refractivity contribution is -0.123. The fourth-order valence-electron chi connectivity index (χ4n) is 1.85. The molecule has 1 amide bonds. The van der Waals surface area contributed by atoms with Gasteiger partial charge in [0, 0.05) is 10.9 Å². The van der Waals surface area contributed by atoms with Gasteiger partial charge in [-0.1, -0.05) is 15.9 Å². The third-order valence-electron chi connectivity index (χ3n) is 3.02. The van der Waals surface area contributed by atoms with E-state index < -0.39 is 6.10 Å². The topological polar surface area (TPSA) is 64.3 Å². The lowest BCUT2D eigenvalue weighted by atomic mass is 10.1. The molecule has 0 aromatic heterocycles. The summed E-state index contributed by atoms with van der Waals surface area (Å²) in [6, 6.07) is 1.87. The molecule has 1 atom stereocenters. The van der Waals surface area contributed by atoms with E-state index in [2.05, 4.69) is 21.2 Å². The first kappa shape index (κ1) is 12.4. The van der Waals surface area contributed by atoms with E-state index in [1.807, 2.05) is 19.9 Å². The zero-order valence-electron chi connectivity index (χ0n) is 9.84. The molecular weight excluding hydrogens is 284 g/mol. The molecule has 1 aromatic carbocycles. The maximum Gasteiger partial charge on any atom is 0.265 e. The lowest BCUT2D eigenvalue weighted by Crippen LogP contribution is -2.38. The van der Waals surface area contributed by atoms with Crippen molar-refractivity contribution in [2.45, 2.75) is 26.4 Å². The summed E-state index contributed by atoms with van der Waals surface area (Å²) in [7, 11) is 0. The third kappa shape index (κ3) is 2.17. The molecule has 0 saturated carbocycles. The van der Waals surface area contributed by atoms with E-state index in [1.165, 1.54) is 0 Å². The van der Waals surface area contributed by atoms with Crippen LogP contribution in [0, 0.1) is 13.8 Å². The number of carbonyl (C=O) groups excluding carboxylic acids is 1. The number of amides is 1. The Morgan fingerprint density at radius 3 is 2.82 bits per heavy atom. The maximum atomic E-state index is 11.7. The van der Waals surface area contributed by atoms with Crippen LogP contribution in [-0.4, -0.2) is 18.6 Å². The van der Waals surface area contributed by atoms with Crippen LogP contribution in [0.4, 0.5) is 5.69 Å². The Labute approximate surface area is 109 Å². The number of anilines is 1. The number of rotatable bonds is 2. The number of ether oxygens (including phenoxy) is 1. The normalized spacial score (nSPS) is 18.4. The van der Waals surface area contributed by atoms with Gasteiger partial charge in [0.1, 0.15) is 5.75 Å². The molecule has 17 heavy (non-hydrogen) atoms. The predicted molar refractivity (Wildman–Crippen MR) is 70.3 cm³/mol. The Bertz CT molecular complexity index is 474. The molecular formula is C12H15BrN2O2. The summed E-state index contributed by atoms with van der Waals surface area (Å²) in [5, 5.41) is 2.85. The number of fused-ring (bicyclic) bond motifs is 1. The van der Waals surface area contributed by atoms with Crippen molar-refractivity contribution in [3.8, 4) is 5.75 Å². The van der Waals surface area contributed by atoms with Crippen LogP contribution in [0.15, 0.2) is 10.5 Å². The second-order valence-electron chi connectivity index (χ2n) is 4.16. The Hall–Kier alpha value is -1.07. The number of hydrogen-bond acceptors (Lipinski definition) is 3. The van der Waals surface area contributed by atoms with Crippen molar-refractivity contribution in [3.05, 3.63) is 21.7 Å². The van der Waals surface area contributed by atoms with E-state index in [1.54, 1.807) is 0 Å². The van der Waals surface area contributed by atoms with Gasteiger partial charge in [-0.25, -0.2) is 0 Å². The van der Waals surface area contributed by atoms with Gasteiger partial charge in [-0.2, -0.15) is 0 Å². The molecule has 1 heterocycles. The summed E-state index contributed by atoms with van der Waals surface area (Å²) >= 11 is 3.46. The molecule has 92 valence electrons. The Morgan fingerprint density at radius 1 is 1.47 bits per heavy atom. The van der Waals surface area contributed by atoms with E-state index in [0.717, 1.165) is 27.0 Å². The fourth-order valence-corrected chi connectivity index (χ4v) is 2.37. The second-order valence-corrected chi connectivity index (χ2v) is 5.01. The Balaban J connectivity index is 2.42. The van der Waals surface area contributed by atoms with Gasteiger partial charge in [0.25, 0.3) is 5.91 Å². The smallest absolute Gasteiger partial charge is 0.265 e. The van der Waals surface area contributed by atoms with Crippen LogP contribution in [0.3, 0.4) is 0 Å². The van der Waals surface area contributed by atoms with E-state index >= 15 is 0 Å². The highest BCUT2D eigenvalue weighted by molar-refractivity contribution is 9.10. The summed E-state index contributed by atoms with van der Waals surface area (Å²) in [5.74, 6) is 0.627. The highest BCUT2D eigenvalue weighted by Crippen LogP contribution is 2.38. The van der Waals surface area contributed by atoms with Gasteiger partial charge in [0.2, 0.25) is 0 Å². The first-order valence-electron chi connectivity index (χ1n) is 5.52. The molecule has 4 nitrogen and oxygen atoms in total. The summed E-state index contributed by atoms with van der Waals surface area (Å²) in [5.41, 5.74) is 8.34. The highest BCUT2D eigenvalue weighted by atomic mass is 79.9. The third-order valence-corrected chi connectivity index (χ3v) is 3.84. The molecule has 1 aliphatic heterocycles. The minimum atomic E-state index is -0.480. The van der Waals surface area contributed by atoms with Gasteiger partial charge in [0.05, 0.1) is 5.69 Å². The van der Waals surface area contributed by atoms with Crippen molar-refractivity contribution in [2.75, 3.05) is 11.9 Å². The average molecular weight is 299 g/mol. The molecule has 0 saturated heterocycles. The number of nitrogens with two attached hydrogens (primary N) is 1. The lowest BCUT2D eigenvalue weighted by Gasteiger charge is -2.28. The van der Waals surface area contributed by atoms with E-state index in [-0.39, 0.29) is 5.91 Å². The van der Waals surface area contributed by atoms with E-state index in [4.69, 9.17) is 10.5 Å². The van der Waals surface area contributed by atoms with Crippen LogP contribution >= 0.6 is 15.9 Å². The molecule has 1 unspecified atom stereocenters. The number of hydrogen-bond donors (Lipinski definition) is 2. The number of halogens is 1. The van der Waals surface area contributed by atoms with Crippen LogP contribution < -0.4 is 15.8 Å². The average Bonchev–Trinajstić information content (AvgIpc) is 2.29. The standard InChI is InChI=1S/C12H15BrN2O2/c1-6-7(2)11-9(5-8(6)13)15-12(16)10(17-11)3-4-14/h5,10H,3-4,14H2,1-2H3,(H,15,16). The van der Waals surface area contributed by atoms with Crippen LogP contribution in [0.5, 0.6) is 5.75 Å². The highest BCUT2D eigenvalue weighted by Gasteiger charge is 2.28. The Morgan fingerprint density at radius 2 is 2.18 bits per heavy atom. The van der Waals surface area contributed by atoms with Gasteiger partial charge < -0.3 is 15.8 Å². The van der Waals surface area contributed by atoms with Crippen molar-refractivity contribution in [3.63, 3.8) is 0 Å². The van der Waals surface area contributed by atoms with Crippen LogP contribution in [0.1, 0.15) is 17.5 Å². The minimum absolute atomic E-state index is 0.127. The van der Waals surface area contributed by atoms with Crippen LogP contribution in [-0.2, 0) is 4.79 Å². The minimum Gasteiger partial charge on any atom is -0.478 e. The van der Waals surface area contributed by atoms with Gasteiger partial charge in [0.15, 0.2) is 6.10 Å². The Kier molecular flexibility index (Phi) is 3.40. The molecule has 2 rings (SSSR count). The summed E-state index contributed by atoms with van der Waals surface area (Å²) in [6.07, 6.45) is 0.0478. The predicted octanol–water partition coefficient (Wildman–Crippen LogP) is 2.11. The van der Waals surface area contributed by atoms with Crippen LogP contribution in [0.25, 0.3) is 0 Å². The first-order chi connectivity index (χ1) is 8.04. The molecule has 1 aromatic rings. The summed E-state index contributed by atoms with van der Waals surface area (Å²) in [6.45, 7) is 4.43. The molecule has 5 heteroatoms. The van der Waals surface area contributed by atoms with Crippen molar-refractivity contribution in [2.24, 2.45) is 5.73 Å². The van der Waals surface area contributed by atoms with Crippen molar-refractivity contribution >= 4 is 27.5 Å². The SMILES string of the molecule is Cc1c(Br)cc2c(c1C)OC(CCN)C(=O)N2. The van der Waals surface area contributed by atoms with Crippen molar-refractivity contribution in [1.29, 1.82) is 0 Å². The van der Waals surface area contributed by atoms with Crippen molar-refractivity contribution < 1.29 is 9.53 Å². The number of benzene rings is 1. The molecule has 0 spiro atoms.